The molecule has 134 valence electrons. The number of hydroxylamine groups is 1. The number of imidazole rings is 1. The third kappa shape index (κ3) is 4.52. The Kier molecular flexibility index (Phi) is 6.84. The Balaban J connectivity index is 2.43. The topological polar surface area (TPSA) is 78.7 Å². The standard InChI is InChI=1S/C19H26N4O2/c1-4-6-7-8-9-10-16-18(20-13-17(24)22-25)21-19-15(5-2)12-11-14(3)23(16)19/h11-12,20,25H,4-8,13H2,1-3H3,(H,22,24). The second kappa shape index (κ2) is 9.09. The summed E-state index contributed by atoms with van der Waals surface area (Å²) in [6.45, 7) is 6.20. The van der Waals surface area contributed by atoms with E-state index < -0.39 is 5.91 Å². The van der Waals surface area contributed by atoms with E-state index in [1.807, 2.05) is 11.3 Å². The number of carbonyl (C=O) groups is 1. The molecule has 0 radical (unpaired) electrons. The molecule has 0 aliphatic rings. The molecular weight excluding hydrogens is 316 g/mol. The fourth-order valence-electron chi connectivity index (χ4n) is 2.68. The molecule has 2 aromatic rings. The quantitative estimate of drug-likeness (QED) is 0.313. The molecule has 1 amide bonds. The van der Waals surface area contributed by atoms with Crippen LogP contribution in [0.15, 0.2) is 12.1 Å². The van der Waals surface area contributed by atoms with Gasteiger partial charge in [0.05, 0.1) is 6.54 Å². The van der Waals surface area contributed by atoms with E-state index >= 15 is 0 Å². The Morgan fingerprint density at radius 3 is 2.80 bits per heavy atom. The van der Waals surface area contributed by atoms with E-state index in [4.69, 9.17) is 5.21 Å². The number of rotatable bonds is 7. The van der Waals surface area contributed by atoms with Crippen LogP contribution in [0.4, 0.5) is 5.82 Å². The number of hydrogen-bond donors (Lipinski definition) is 3. The van der Waals surface area contributed by atoms with Crippen molar-refractivity contribution >= 4 is 17.4 Å². The molecule has 0 saturated carbocycles. The van der Waals surface area contributed by atoms with E-state index in [0.717, 1.165) is 41.9 Å². The van der Waals surface area contributed by atoms with Crippen molar-refractivity contribution in [3.8, 4) is 11.8 Å². The number of aromatic nitrogens is 2. The molecule has 25 heavy (non-hydrogen) atoms. The minimum absolute atomic E-state index is 0.0641. The van der Waals surface area contributed by atoms with Gasteiger partial charge in [0.2, 0.25) is 0 Å². The molecule has 0 fully saturated rings. The fraction of sp³-hybridized carbons (Fsp3) is 0.474. The molecule has 2 rings (SSSR count). The van der Waals surface area contributed by atoms with Gasteiger partial charge in [-0.25, -0.2) is 10.5 Å². The average molecular weight is 342 g/mol. The summed E-state index contributed by atoms with van der Waals surface area (Å²) in [4.78, 5) is 16.0. The van der Waals surface area contributed by atoms with Crippen molar-refractivity contribution in [3.63, 3.8) is 0 Å². The molecule has 6 heteroatoms. The molecular formula is C19H26N4O2. The fourth-order valence-corrected chi connectivity index (χ4v) is 2.68. The largest absolute Gasteiger partial charge is 0.359 e. The van der Waals surface area contributed by atoms with Gasteiger partial charge in [-0.15, -0.1) is 0 Å². The maximum atomic E-state index is 11.3. The zero-order valence-electron chi connectivity index (χ0n) is 15.1. The van der Waals surface area contributed by atoms with Crippen LogP contribution < -0.4 is 10.8 Å². The Bertz CT molecular complexity index is 799. The third-order valence-corrected chi connectivity index (χ3v) is 4.08. The molecule has 0 atom stereocenters. The number of unbranched alkanes of at least 4 members (excludes halogenated alkanes) is 3. The molecule has 2 aromatic heterocycles. The van der Waals surface area contributed by atoms with Crippen LogP contribution in [0.3, 0.4) is 0 Å². The predicted molar refractivity (Wildman–Crippen MR) is 98.7 cm³/mol. The highest BCUT2D eigenvalue weighted by atomic mass is 16.5. The lowest BCUT2D eigenvalue weighted by molar-refractivity contribution is -0.127. The average Bonchev–Trinajstić information content (AvgIpc) is 2.99. The van der Waals surface area contributed by atoms with Crippen molar-refractivity contribution in [2.45, 2.75) is 52.9 Å². The van der Waals surface area contributed by atoms with Crippen molar-refractivity contribution in [1.29, 1.82) is 0 Å². The molecule has 0 aliphatic carbocycles. The van der Waals surface area contributed by atoms with Gasteiger partial charge in [-0.3, -0.25) is 14.4 Å². The predicted octanol–water partition coefficient (Wildman–Crippen LogP) is 3.05. The highest BCUT2D eigenvalue weighted by molar-refractivity contribution is 5.80. The summed E-state index contributed by atoms with van der Waals surface area (Å²) >= 11 is 0. The molecule has 0 bridgehead atoms. The maximum Gasteiger partial charge on any atom is 0.262 e. The third-order valence-electron chi connectivity index (χ3n) is 4.08. The van der Waals surface area contributed by atoms with Crippen LogP contribution in [0.1, 0.15) is 56.5 Å². The number of nitrogens with one attached hydrogen (secondary N) is 2. The van der Waals surface area contributed by atoms with Crippen LogP contribution in [0.25, 0.3) is 5.65 Å². The highest BCUT2D eigenvalue weighted by Crippen LogP contribution is 2.22. The van der Waals surface area contributed by atoms with Crippen LogP contribution in [-0.2, 0) is 11.2 Å². The number of fused-ring (bicyclic) bond motifs is 1. The minimum Gasteiger partial charge on any atom is -0.359 e. The zero-order valence-corrected chi connectivity index (χ0v) is 15.1. The molecule has 3 N–H and O–H groups in total. The number of amides is 1. The molecule has 0 aliphatic heterocycles. The van der Waals surface area contributed by atoms with Crippen molar-refractivity contribution in [3.05, 3.63) is 29.1 Å². The lowest BCUT2D eigenvalue weighted by Crippen LogP contribution is -2.27. The summed E-state index contributed by atoms with van der Waals surface area (Å²) < 4.78 is 2.03. The van der Waals surface area contributed by atoms with Crippen LogP contribution >= 0.6 is 0 Å². The van der Waals surface area contributed by atoms with Gasteiger partial charge in [0.25, 0.3) is 5.91 Å². The van der Waals surface area contributed by atoms with Crippen LogP contribution in [-0.4, -0.2) is 27.0 Å². The van der Waals surface area contributed by atoms with E-state index in [9.17, 15) is 4.79 Å². The minimum atomic E-state index is -0.522. The van der Waals surface area contributed by atoms with E-state index in [2.05, 4.69) is 48.1 Å². The first kappa shape index (κ1) is 18.8. The molecule has 0 unspecified atom stereocenters. The Labute approximate surface area is 148 Å². The number of nitrogens with zero attached hydrogens (tertiary/aromatic N) is 2. The van der Waals surface area contributed by atoms with Gasteiger partial charge >= 0.3 is 0 Å². The monoisotopic (exact) mass is 342 g/mol. The van der Waals surface area contributed by atoms with Gasteiger partial charge in [-0.2, -0.15) is 0 Å². The van der Waals surface area contributed by atoms with Gasteiger partial charge in [-0.1, -0.05) is 38.7 Å². The van der Waals surface area contributed by atoms with Gasteiger partial charge in [0.1, 0.15) is 11.3 Å². The van der Waals surface area contributed by atoms with E-state index in [1.165, 1.54) is 12.8 Å². The van der Waals surface area contributed by atoms with Crippen molar-refractivity contribution in [2.24, 2.45) is 0 Å². The Morgan fingerprint density at radius 1 is 1.32 bits per heavy atom. The van der Waals surface area contributed by atoms with Crippen molar-refractivity contribution in [1.82, 2.24) is 14.9 Å². The first-order valence-corrected chi connectivity index (χ1v) is 8.78. The van der Waals surface area contributed by atoms with Gasteiger partial charge in [-0.05, 0) is 37.3 Å². The molecule has 2 heterocycles. The summed E-state index contributed by atoms with van der Waals surface area (Å²) in [7, 11) is 0. The second-order valence-electron chi connectivity index (χ2n) is 5.97. The van der Waals surface area contributed by atoms with Gasteiger partial charge in [0, 0.05) is 12.1 Å². The first-order chi connectivity index (χ1) is 12.1. The summed E-state index contributed by atoms with van der Waals surface area (Å²) in [5.74, 6) is 6.49. The van der Waals surface area contributed by atoms with Crippen molar-refractivity contribution < 1.29 is 10.0 Å². The molecule has 0 saturated heterocycles. The molecule has 6 nitrogen and oxygen atoms in total. The Hall–Kier alpha value is -2.52. The first-order valence-electron chi connectivity index (χ1n) is 8.78. The van der Waals surface area contributed by atoms with E-state index in [-0.39, 0.29) is 6.54 Å². The van der Waals surface area contributed by atoms with Gasteiger partial charge < -0.3 is 5.32 Å². The molecule has 0 aromatic carbocycles. The lowest BCUT2D eigenvalue weighted by atomic mass is 10.2. The van der Waals surface area contributed by atoms with Crippen LogP contribution in [0.2, 0.25) is 0 Å². The SMILES string of the molecule is CCCCCC#Cc1c(NCC(=O)NO)nc2c(CC)ccc(C)n12. The molecule has 0 spiro atoms. The normalized spacial score (nSPS) is 10.4. The lowest BCUT2D eigenvalue weighted by Gasteiger charge is -2.05. The number of anilines is 1. The number of aryl methyl sites for hydroxylation is 2. The summed E-state index contributed by atoms with van der Waals surface area (Å²) in [5, 5.41) is 11.7. The summed E-state index contributed by atoms with van der Waals surface area (Å²) in [6.07, 6.45) is 5.11. The maximum absolute atomic E-state index is 11.3. The summed E-state index contributed by atoms with van der Waals surface area (Å²) in [6, 6.07) is 4.13. The van der Waals surface area contributed by atoms with Crippen LogP contribution in [0, 0.1) is 18.8 Å². The highest BCUT2D eigenvalue weighted by Gasteiger charge is 2.15. The van der Waals surface area contributed by atoms with Crippen molar-refractivity contribution in [2.75, 3.05) is 11.9 Å². The summed E-state index contributed by atoms with van der Waals surface area (Å²) in [5.41, 5.74) is 5.39. The number of hydrogen-bond acceptors (Lipinski definition) is 4. The van der Waals surface area contributed by atoms with E-state index in [1.54, 1.807) is 5.48 Å². The number of pyridine rings is 1. The second-order valence-corrected chi connectivity index (χ2v) is 5.97. The van der Waals surface area contributed by atoms with E-state index in [0.29, 0.717) is 5.82 Å². The van der Waals surface area contributed by atoms with Crippen LogP contribution in [0.5, 0.6) is 0 Å². The number of carbonyl (C=O) groups excluding carboxylic acids is 1. The smallest absolute Gasteiger partial charge is 0.262 e. The van der Waals surface area contributed by atoms with Gasteiger partial charge in [0.15, 0.2) is 5.82 Å². The zero-order chi connectivity index (χ0) is 18.2. The Morgan fingerprint density at radius 2 is 2.12 bits per heavy atom.